The molecule has 0 radical (unpaired) electrons. The van der Waals surface area contributed by atoms with Crippen LogP contribution in [0.25, 0.3) is 0 Å². The van der Waals surface area contributed by atoms with E-state index in [1.165, 1.54) is 231 Å². The van der Waals surface area contributed by atoms with E-state index >= 15 is 0 Å². The molecule has 0 aliphatic carbocycles. The summed E-state index contributed by atoms with van der Waals surface area (Å²) in [6, 6.07) is -0.674. The maximum Gasteiger partial charge on any atom is 0.305 e. The van der Waals surface area contributed by atoms with Crippen molar-refractivity contribution in [3.63, 3.8) is 0 Å². The minimum atomic E-state index is -0.882. The van der Waals surface area contributed by atoms with Crippen molar-refractivity contribution in [2.24, 2.45) is 0 Å². The molecule has 6 nitrogen and oxygen atoms in total. The highest BCUT2D eigenvalue weighted by molar-refractivity contribution is 5.76. The van der Waals surface area contributed by atoms with E-state index in [4.69, 9.17) is 4.74 Å². The Kier molecular flexibility index (Phi) is 56.5. The van der Waals surface area contributed by atoms with Gasteiger partial charge < -0.3 is 20.3 Å². The molecule has 0 spiro atoms. The number of hydrogen-bond donors (Lipinski definition) is 3. The number of ether oxygens (including phenoxy) is 1. The fraction of sp³-hybridized carbons (Fsp3) is 0.841. The summed E-state index contributed by atoms with van der Waals surface area (Å²) < 4.78 is 5.46. The fourth-order valence-corrected chi connectivity index (χ4v) is 9.15. The minimum absolute atomic E-state index is 0.0263. The highest BCUT2D eigenvalue weighted by Crippen LogP contribution is 2.17. The van der Waals surface area contributed by atoms with Gasteiger partial charge in [-0.1, -0.05) is 274 Å². The molecular formula is C63H117NO5. The number of rotatable bonds is 56. The van der Waals surface area contributed by atoms with Gasteiger partial charge in [0.2, 0.25) is 5.91 Å². The van der Waals surface area contributed by atoms with Gasteiger partial charge >= 0.3 is 5.97 Å². The fourth-order valence-electron chi connectivity index (χ4n) is 9.15. The highest BCUT2D eigenvalue weighted by Gasteiger charge is 2.17. The molecule has 2 atom stereocenters. The third-order valence-electron chi connectivity index (χ3n) is 13.8. The van der Waals surface area contributed by atoms with Gasteiger partial charge in [-0.25, -0.2) is 0 Å². The summed E-state index contributed by atoms with van der Waals surface area (Å²) in [6.07, 6.45) is 74.4. The molecule has 3 N–H and O–H groups in total. The Morgan fingerprint density at radius 2 is 0.739 bits per heavy atom. The molecule has 69 heavy (non-hydrogen) atoms. The molecule has 0 aliphatic rings. The van der Waals surface area contributed by atoms with Crippen molar-refractivity contribution in [3.8, 4) is 0 Å². The van der Waals surface area contributed by atoms with E-state index in [0.717, 1.165) is 51.4 Å². The first-order chi connectivity index (χ1) is 34.0. The Balaban J connectivity index is 3.57. The summed E-state index contributed by atoms with van der Waals surface area (Å²) in [5.74, 6) is -0.173. The number of amides is 1. The average Bonchev–Trinajstić information content (AvgIpc) is 3.35. The number of nitrogens with one attached hydrogen (secondary N) is 1. The van der Waals surface area contributed by atoms with Crippen LogP contribution in [0.15, 0.2) is 48.6 Å². The molecule has 0 aliphatic heterocycles. The molecule has 1 amide bonds. The van der Waals surface area contributed by atoms with Crippen LogP contribution in [0.1, 0.15) is 316 Å². The monoisotopic (exact) mass is 968 g/mol. The number of hydrogen-bond acceptors (Lipinski definition) is 5. The van der Waals surface area contributed by atoms with E-state index < -0.39 is 12.1 Å². The number of carbonyl (C=O) groups excluding carboxylic acids is 2. The molecule has 404 valence electrons. The second kappa shape index (κ2) is 58.4. The van der Waals surface area contributed by atoms with E-state index in [1.807, 2.05) is 12.2 Å². The quantitative estimate of drug-likeness (QED) is 0.0321. The molecule has 0 rings (SSSR count). The Hall–Kier alpha value is -2.18. The zero-order valence-corrected chi connectivity index (χ0v) is 46.0. The van der Waals surface area contributed by atoms with Gasteiger partial charge in [0.25, 0.3) is 0 Å². The van der Waals surface area contributed by atoms with Crippen LogP contribution in [0.3, 0.4) is 0 Å². The van der Waals surface area contributed by atoms with Gasteiger partial charge in [-0.05, 0) is 77.0 Å². The first-order valence-corrected chi connectivity index (χ1v) is 30.4. The van der Waals surface area contributed by atoms with Gasteiger partial charge in [-0.2, -0.15) is 0 Å². The zero-order chi connectivity index (χ0) is 50.0. The summed E-state index contributed by atoms with van der Waals surface area (Å²) in [5.41, 5.74) is 0. The van der Waals surface area contributed by atoms with Gasteiger partial charge in [0, 0.05) is 12.8 Å². The van der Waals surface area contributed by atoms with Crippen molar-refractivity contribution in [2.75, 3.05) is 13.2 Å². The molecule has 0 fully saturated rings. The maximum atomic E-state index is 12.5. The minimum Gasteiger partial charge on any atom is -0.466 e. The van der Waals surface area contributed by atoms with E-state index in [2.05, 4.69) is 49.5 Å². The van der Waals surface area contributed by atoms with Crippen LogP contribution in [0, 0.1) is 0 Å². The lowest BCUT2D eigenvalue weighted by Gasteiger charge is -2.19. The van der Waals surface area contributed by atoms with E-state index in [9.17, 15) is 19.8 Å². The second-order valence-electron chi connectivity index (χ2n) is 20.7. The molecule has 6 heteroatoms. The van der Waals surface area contributed by atoms with Crippen molar-refractivity contribution >= 4 is 11.9 Å². The number of aliphatic hydroxyl groups excluding tert-OH is 2. The maximum absolute atomic E-state index is 12.5. The molecule has 0 bridgehead atoms. The lowest BCUT2D eigenvalue weighted by Crippen LogP contribution is -2.45. The second-order valence-corrected chi connectivity index (χ2v) is 20.7. The first-order valence-electron chi connectivity index (χ1n) is 30.4. The van der Waals surface area contributed by atoms with Gasteiger partial charge in [-0.3, -0.25) is 9.59 Å². The SMILES string of the molecule is CCCCCCCC/C=C\CCCCCCCC(=O)OCCCCCCCC/C=C\C/C=C\CCC(=O)NC(CO)C(O)/C=C/CCCCCCCCCCCCCCCCCCCCCCCC. The topological polar surface area (TPSA) is 95.9 Å². The lowest BCUT2D eigenvalue weighted by molar-refractivity contribution is -0.143. The van der Waals surface area contributed by atoms with Crippen LogP contribution in [-0.4, -0.2) is 47.4 Å². The summed E-state index contributed by atoms with van der Waals surface area (Å²) >= 11 is 0. The number of esters is 1. The van der Waals surface area contributed by atoms with Gasteiger partial charge in [0.1, 0.15) is 0 Å². The standard InChI is InChI=1S/C63H117NO5/c1-3-5-7-9-11-13-15-17-19-20-21-22-23-24-25-26-27-29-31-35-39-43-47-51-55-61(66)60(59-65)64-62(67)56-52-48-44-40-36-32-30-34-38-42-46-50-54-58-69-63(68)57-53-49-45-41-37-33-28-18-16-14-12-10-8-6-4-2/h18,28,32,36,44,48,51,55,60-61,65-66H,3-17,19-27,29-31,33-35,37-43,45-47,49-50,52-54,56-59H2,1-2H3,(H,64,67)/b28-18-,36-32-,48-44-,55-51+. The number of aliphatic hydroxyl groups is 2. The molecule has 0 aromatic carbocycles. The van der Waals surface area contributed by atoms with Gasteiger partial charge in [-0.15, -0.1) is 0 Å². The molecule has 0 saturated carbocycles. The number of unbranched alkanes of at least 4 members (excludes halogenated alkanes) is 39. The van der Waals surface area contributed by atoms with Crippen LogP contribution in [-0.2, 0) is 14.3 Å². The van der Waals surface area contributed by atoms with Crippen molar-refractivity contribution in [2.45, 2.75) is 328 Å². The van der Waals surface area contributed by atoms with Crippen molar-refractivity contribution in [1.82, 2.24) is 5.32 Å². The number of carbonyl (C=O) groups is 2. The molecular weight excluding hydrogens is 851 g/mol. The van der Waals surface area contributed by atoms with Gasteiger partial charge in [0.15, 0.2) is 0 Å². The van der Waals surface area contributed by atoms with Crippen LogP contribution >= 0.6 is 0 Å². The third kappa shape index (κ3) is 55.0. The Labute approximate surface area is 429 Å². The lowest BCUT2D eigenvalue weighted by atomic mass is 10.0. The Bertz CT molecular complexity index is 1160. The Morgan fingerprint density at radius 3 is 1.14 bits per heavy atom. The molecule has 0 aromatic heterocycles. The molecule has 0 heterocycles. The largest absolute Gasteiger partial charge is 0.466 e. The van der Waals surface area contributed by atoms with Crippen LogP contribution in [0.4, 0.5) is 0 Å². The molecule has 0 aromatic rings. The van der Waals surface area contributed by atoms with Crippen LogP contribution < -0.4 is 5.32 Å². The normalized spacial score (nSPS) is 12.9. The van der Waals surface area contributed by atoms with E-state index in [1.54, 1.807) is 6.08 Å². The number of allylic oxidation sites excluding steroid dienone is 7. The van der Waals surface area contributed by atoms with E-state index in [0.29, 0.717) is 25.9 Å². The van der Waals surface area contributed by atoms with Crippen LogP contribution in [0.2, 0.25) is 0 Å². The van der Waals surface area contributed by atoms with Crippen molar-refractivity contribution in [1.29, 1.82) is 0 Å². The predicted octanol–water partition coefficient (Wildman–Crippen LogP) is 19.0. The van der Waals surface area contributed by atoms with Crippen molar-refractivity contribution in [3.05, 3.63) is 48.6 Å². The summed E-state index contributed by atoms with van der Waals surface area (Å²) in [7, 11) is 0. The summed E-state index contributed by atoms with van der Waals surface area (Å²) in [4.78, 5) is 24.5. The van der Waals surface area contributed by atoms with Gasteiger partial charge in [0.05, 0.1) is 25.4 Å². The zero-order valence-electron chi connectivity index (χ0n) is 46.0. The predicted molar refractivity (Wildman–Crippen MR) is 301 cm³/mol. The van der Waals surface area contributed by atoms with E-state index in [-0.39, 0.29) is 18.5 Å². The summed E-state index contributed by atoms with van der Waals surface area (Å²) in [6.45, 7) is 4.84. The molecule has 2 unspecified atom stereocenters. The summed E-state index contributed by atoms with van der Waals surface area (Å²) in [5, 5.41) is 23.1. The van der Waals surface area contributed by atoms with Crippen LogP contribution in [0.5, 0.6) is 0 Å². The smallest absolute Gasteiger partial charge is 0.305 e. The highest BCUT2D eigenvalue weighted by atomic mass is 16.5. The Morgan fingerprint density at radius 1 is 0.406 bits per heavy atom. The molecule has 0 saturated heterocycles. The third-order valence-corrected chi connectivity index (χ3v) is 13.8. The average molecular weight is 969 g/mol. The van der Waals surface area contributed by atoms with Crippen molar-refractivity contribution < 1.29 is 24.5 Å². The first kappa shape index (κ1) is 66.8.